The molecule has 5 nitrogen and oxygen atoms in total. The van der Waals surface area contributed by atoms with Crippen LogP contribution in [-0.2, 0) is 4.79 Å². The summed E-state index contributed by atoms with van der Waals surface area (Å²) in [5.74, 6) is 1.99. The van der Waals surface area contributed by atoms with Crippen molar-refractivity contribution < 1.29 is 19.0 Å². The number of halogens is 1. The molecule has 0 saturated heterocycles. The van der Waals surface area contributed by atoms with E-state index in [0.29, 0.717) is 25.5 Å². The zero-order valence-corrected chi connectivity index (χ0v) is 15.0. The second kappa shape index (κ2) is 9.82. The van der Waals surface area contributed by atoms with Crippen LogP contribution in [0.5, 0.6) is 17.2 Å². The van der Waals surface area contributed by atoms with Crippen LogP contribution in [-0.4, -0.2) is 32.3 Å². The minimum absolute atomic E-state index is 0.0360. The van der Waals surface area contributed by atoms with E-state index in [1.54, 1.807) is 6.07 Å². The molecule has 0 bridgehead atoms. The minimum Gasteiger partial charge on any atom is -0.494 e. The summed E-state index contributed by atoms with van der Waals surface area (Å²) < 4.78 is 17.2. The molecule has 2 rings (SSSR count). The highest BCUT2D eigenvalue weighted by molar-refractivity contribution is 9.10. The lowest BCUT2D eigenvalue weighted by molar-refractivity contribution is -0.123. The summed E-state index contributed by atoms with van der Waals surface area (Å²) in [6, 6.07) is 14.8. The Morgan fingerprint density at radius 3 is 2.33 bits per heavy atom. The van der Waals surface area contributed by atoms with Gasteiger partial charge >= 0.3 is 0 Å². The van der Waals surface area contributed by atoms with Crippen LogP contribution in [0.1, 0.15) is 6.92 Å². The van der Waals surface area contributed by atoms with Gasteiger partial charge in [-0.05, 0) is 59.3 Å². The summed E-state index contributed by atoms with van der Waals surface area (Å²) in [6.45, 7) is 3.33. The molecule has 0 radical (unpaired) electrons. The van der Waals surface area contributed by atoms with Crippen molar-refractivity contribution in [3.8, 4) is 17.2 Å². The van der Waals surface area contributed by atoms with E-state index < -0.39 is 0 Å². The Morgan fingerprint density at radius 1 is 1.00 bits per heavy atom. The van der Waals surface area contributed by atoms with Crippen LogP contribution in [0.25, 0.3) is 0 Å². The number of hydrogen-bond donors (Lipinski definition) is 1. The van der Waals surface area contributed by atoms with Gasteiger partial charge in [0.25, 0.3) is 5.91 Å². The quantitative estimate of drug-likeness (QED) is 0.663. The lowest BCUT2D eigenvalue weighted by Crippen LogP contribution is -2.32. The molecule has 128 valence electrons. The summed E-state index contributed by atoms with van der Waals surface area (Å²) in [5.41, 5.74) is 0. The fraction of sp³-hybridized carbons (Fsp3) is 0.278. The van der Waals surface area contributed by atoms with Crippen LogP contribution < -0.4 is 19.5 Å². The maximum Gasteiger partial charge on any atom is 0.258 e. The third kappa shape index (κ3) is 6.12. The molecule has 24 heavy (non-hydrogen) atoms. The summed E-state index contributed by atoms with van der Waals surface area (Å²) in [4.78, 5) is 11.7. The molecule has 0 aliphatic carbocycles. The van der Waals surface area contributed by atoms with Crippen LogP contribution in [0, 0.1) is 0 Å². The molecule has 0 aromatic heterocycles. The molecule has 0 atom stereocenters. The number of nitrogens with one attached hydrogen (secondary N) is 1. The van der Waals surface area contributed by atoms with Gasteiger partial charge in [-0.25, -0.2) is 0 Å². The lowest BCUT2D eigenvalue weighted by Gasteiger charge is -2.10. The van der Waals surface area contributed by atoms with Gasteiger partial charge in [-0.2, -0.15) is 0 Å². The monoisotopic (exact) mass is 393 g/mol. The van der Waals surface area contributed by atoms with E-state index in [1.165, 1.54) is 0 Å². The molecule has 0 spiro atoms. The first-order valence-electron chi connectivity index (χ1n) is 7.68. The Bertz CT molecular complexity index is 646. The van der Waals surface area contributed by atoms with Crippen LogP contribution in [0.4, 0.5) is 0 Å². The number of benzene rings is 2. The Hall–Kier alpha value is -2.21. The first-order valence-corrected chi connectivity index (χ1v) is 8.48. The van der Waals surface area contributed by atoms with Gasteiger partial charge < -0.3 is 19.5 Å². The Morgan fingerprint density at radius 2 is 1.67 bits per heavy atom. The Labute approximate surface area is 150 Å². The zero-order valence-electron chi connectivity index (χ0n) is 13.5. The van der Waals surface area contributed by atoms with E-state index in [0.717, 1.165) is 16.0 Å². The average molecular weight is 394 g/mol. The summed E-state index contributed by atoms with van der Waals surface area (Å²) in [5, 5.41) is 2.75. The number of hydrogen-bond acceptors (Lipinski definition) is 4. The number of rotatable bonds is 9. The van der Waals surface area contributed by atoms with Crippen molar-refractivity contribution in [3.05, 3.63) is 53.0 Å². The zero-order chi connectivity index (χ0) is 17.2. The molecule has 0 unspecified atom stereocenters. The van der Waals surface area contributed by atoms with Gasteiger partial charge in [0.1, 0.15) is 23.9 Å². The van der Waals surface area contributed by atoms with E-state index in [2.05, 4.69) is 21.2 Å². The first kappa shape index (κ1) is 18.1. The van der Waals surface area contributed by atoms with Crippen molar-refractivity contribution in [2.24, 2.45) is 0 Å². The van der Waals surface area contributed by atoms with Crippen molar-refractivity contribution in [2.45, 2.75) is 6.92 Å². The number of para-hydroxylation sites is 1. The Balaban J connectivity index is 1.63. The molecule has 2 aromatic rings. The van der Waals surface area contributed by atoms with Gasteiger partial charge in [-0.15, -0.1) is 0 Å². The third-order valence-corrected chi connectivity index (χ3v) is 3.68. The standard InChI is InChI=1S/C18H20BrNO4/c1-2-22-14-7-9-15(10-8-14)23-12-11-20-18(21)13-24-17-6-4-3-5-16(17)19/h3-10H,2,11-13H2,1H3,(H,20,21). The predicted molar refractivity (Wildman–Crippen MR) is 95.8 cm³/mol. The normalized spacial score (nSPS) is 10.1. The van der Waals surface area contributed by atoms with Crippen molar-refractivity contribution in [2.75, 3.05) is 26.4 Å². The van der Waals surface area contributed by atoms with Crippen molar-refractivity contribution in [1.82, 2.24) is 5.32 Å². The molecule has 6 heteroatoms. The highest BCUT2D eigenvalue weighted by Crippen LogP contribution is 2.23. The Kier molecular flexibility index (Phi) is 7.42. The number of amides is 1. The minimum atomic E-state index is -0.193. The molecule has 2 aromatic carbocycles. The van der Waals surface area contributed by atoms with Gasteiger partial charge in [0.05, 0.1) is 17.6 Å². The highest BCUT2D eigenvalue weighted by atomic mass is 79.9. The van der Waals surface area contributed by atoms with E-state index in [4.69, 9.17) is 14.2 Å². The van der Waals surface area contributed by atoms with Crippen molar-refractivity contribution >= 4 is 21.8 Å². The number of ether oxygens (including phenoxy) is 3. The average Bonchev–Trinajstić information content (AvgIpc) is 2.60. The molecular formula is C18H20BrNO4. The fourth-order valence-electron chi connectivity index (χ4n) is 1.91. The maximum atomic E-state index is 11.7. The van der Waals surface area contributed by atoms with Crippen molar-refractivity contribution in [1.29, 1.82) is 0 Å². The number of carbonyl (C=O) groups is 1. The first-order chi connectivity index (χ1) is 11.7. The maximum absolute atomic E-state index is 11.7. The van der Waals surface area contributed by atoms with Gasteiger partial charge in [0.2, 0.25) is 0 Å². The van der Waals surface area contributed by atoms with Gasteiger partial charge in [0, 0.05) is 0 Å². The summed E-state index contributed by atoms with van der Waals surface area (Å²) >= 11 is 3.37. The smallest absolute Gasteiger partial charge is 0.258 e. The second-order valence-electron chi connectivity index (χ2n) is 4.82. The third-order valence-electron chi connectivity index (χ3n) is 3.02. The second-order valence-corrected chi connectivity index (χ2v) is 5.68. The fourth-order valence-corrected chi connectivity index (χ4v) is 2.31. The van der Waals surface area contributed by atoms with Gasteiger partial charge in [-0.3, -0.25) is 4.79 Å². The van der Waals surface area contributed by atoms with E-state index >= 15 is 0 Å². The van der Waals surface area contributed by atoms with Crippen LogP contribution in [0.15, 0.2) is 53.0 Å². The topological polar surface area (TPSA) is 56.8 Å². The molecular weight excluding hydrogens is 374 g/mol. The summed E-state index contributed by atoms with van der Waals surface area (Å²) in [7, 11) is 0. The molecule has 0 aliphatic heterocycles. The lowest BCUT2D eigenvalue weighted by atomic mass is 10.3. The number of carbonyl (C=O) groups excluding carboxylic acids is 1. The summed E-state index contributed by atoms with van der Waals surface area (Å²) in [6.07, 6.45) is 0. The van der Waals surface area contributed by atoms with E-state index in [1.807, 2.05) is 49.4 Å². The predicted octanol–water partition coefficient (Wildman–Crippen LogP) is 3.42. The molecule has 1 N–H and O–H groups in total. The SMILES string of the molecule is CCOc1ccc(OCCNC(=O)COc2ccccc2Br)cc1. The van der Waals surface area contributed by atoms with Gasteiger partial charge in [0.15, 0.2) is 6.61 Å². The largest absolute Gasteiger partial charge is 0.494 e. The van der Waals surface area contributed by atoms with E-state index in [-0.39, 0.29) is 12.5 Å². The highest BCUT2D eigenvalue weighted by Gasteiger charge is 2.04. The molecule has 0 saturated carbocycles. The van der Waals surface area contributed by atoms with Crippen molar-refractivity contribution in [3.63, 3.8) is 0 Å². The molecule has 0 aliphatic rings. The van der Waals surface area contributed by atoms with E-state index in [9.17, 15) is 4.79 Å². The molecule has 1 amide bonds. The van der Waals surface area contributed by atoms with Crippen LogP contribution in [0.3, 0.4) is 0 Å². The van der Waals surface area contributed by atoms with Crippen LogP contribution in [0.2, 0.25) is 0 Å². The molecule has 0 fully saturated rings. The van der Waals surface area contributed by atoms with Crippen LogP contribution >= 0.6 is 15.9 Å². The van der Waals surface area contributed by atoms with Gasteiger partial charge in [-0.1, -0.05) is 12.1 Å². The molecule has 0 heterocycles.